The zero-order valence-corrected chi connectivity index (χ0v) is 13.3. The van der Waals surface area contributed by atoms with Crippen LogP contribution in [-0.4, -0.2) is 13.4 Å². The van der Waals surface area contributed by atoms with Crippen molar-refractivity contribution in [2.75, 3.05) is 5.73 Å². The van der Waals surface area contributed by atoms with E-state index >= 15 is 0 Å². The minimum atomic E-state index is -3.69. The molecular weight excluding hydrogens is 310 g/mol. The molecule has 112 valence electrons. The van der Waals surface area contributed by atoms with E-state index in [9.17, 15) is 8.42 Å². The van der Waals surface area contributed by atoms with Gasteiger partial charge in [0.1, 0.15) is 0 Å². The summed E-state index contributed by atoms with van der Waals surface area (Å²) in [6, 6.07) is 6.57. The van der Waals surface area contributed by atoms with E-state index in [4.69, 9.17) is 17.3 Å². The van der Waals surface area contributed by atoms with Gasteiger partial charge in [0.15, 0.2) is 0 Å². The van der Waals surface area contributed by atoms with Gasteiger partial charge in [0, 0.05) is 29.1 Å². The number of nitrogens with zero attached hydrogens (tertiary/aromatic N) is 1. The molecule has 1 aromatic carbocycles. The number of hydrogen-bond donors (Lipinski definition) is 2. The van der Waals surface area contributed by atoms with E-state index in [1.54, 1.807) is 13.1 Å². The maximum atomic E-state index is 12.4. The van der Waals surface area contributed by atoms with Crippen LogP contribution in [0.15, 0.2) is 35.4 Å². The predicted octanol–water partition coefficient (Wildman–Crippen LogP) is 2.41. The molecule has 0 unspecified atom stereocenters. The molecule has 0 spiro atoms. The van der Waals surface area contributed by atoms with Crippen LogP contribution in [0.4, 0.5) is 5.69 Å². The fraction of sp³-hybridized carbons (Fsp3) is 0.214. The molecule has 0 aliphatic rings. The second kappa shape index (κ2) is 6.01. The lowest BCUT2D eigenvalue weighted by atomic mass is 10.2. The summed E-state index contributed by atoms with van der Waals surface area (Å²) in [4.78, 5) is 4.21. The van der Waals surface area contributed by atoms with Gasteiger partial charge in [-0.2, -0.15) is 0 Å². The Kier molecular flexibility index (Phi) is 4.51. The Bertz CT molecular complexity index is 759. The lowest BCUT2D eigenvalue weighted by Gasteiger charge is -2.11. The van der Waals surface area contributed by atoms with E-state index < -0.39 is 10.0 Å². The van der Waals surface area contributed by atoms with Crippen molar-refractivity contribution in [3.05, 3.63) is 52.3 Å². The summed E-state index contributed by atoms with van der Waals surface area (Å²) in [5.41, 5.74) is 8.23. The molecule has 2 rings (SSSR count). The van der Waals surface area contributed by atoms with E-state index in [1.807, 2.05) is 19.1 Å². The highest BCUT2D eigenvalue weighted by molar-refractivity contribution is 7.89. The molecule has 0 bridgehead atoms. The number of rotatable bonds is 4. The van der Waals surface area contributed by atoms with Crippen LogP contribution in [0.1, 0.15) is 16.8 Å². The first-order valence-electron chi connectivity index (χ1n) is 6.26. The summed E-state index contributed by atoms with van der Waals surface area (Å²) < 4.78 is 27.2. The number of hydrogen-bond acceptors (Lipinski definition) is 4. The number of pyridine rings is 1. The van der Waals surface area contributed by atoms with E-state index in [-0.39, 0.29) is 16.5 Å². The number of nitrogens with two attached hydrogens (primary N) is 1. The van der Waals surface area contributed by atoms with Gasteiger partial charge in [-0.05, 0) is 43.2 Å². The molecule has 0 atom stereocenters. The molecule has 3 N–H and O–H groups in total. The first-order valence-corrected chi connectivity index (χ1v) is 8.12. The number of anilines is 1. The van der Waals surface area contributed by atoms with Crippen LogP contribution < -0.4 is 10.5 Å². The highest BCUT2D eigenvalue weighted by Gasteiger charge is 2.18. The highest BCUT2D eigenvalue weighted by atomic mass is 35.5. The predicted molar refractivity (Wildman–Crippen MR) is 83.6 cm³/mol. The van der Waals surface area contributed by atoms with Crippen molar-refractivity contribution < 1.29 is 8.42 Å². The molecule has 21 heavy (non-hydrogen) atoms. The smallest absolute Gasteiger partial charge is 0.241 e. The molecule has 0 aliphatic carbocycles. The number of aromatic nitrogens is 1. The Balaban J connectivity index is 2.25. The summed E-state index contributed by atoms with van der Waals surface area (Å²) in [5, 5.41) is 0.287. The van der Waals surface area contributed by atoms with Gasteiger partial charge in [-0.25, -0.2) is 13.1 Å². The van der Waals surface area contributed by atoms with Crippen molar-refractivity contribution >= 4 is 27.3 Å². The van der Waals surface area contributed by atoms with Crippen LogP contribution in [0.5, 0.6) is 0 Å². The van der Waals surface area contributed by atoms with Crippen molar-refractivity contribution in [2.24, 2.45) is 0 Å². The topological polar surface area (TPSA) is 85.1 Å². The SMILES string of the molecule is Cc1ccc(CNS(=O)(=O)c2cc(Cl)cc(N)c2C)cn1. The molecule has 1 aromatic heterocycles. The highest BCUT2D eigenvalue weighted by Crippen LogP contribution is 2.25. The molecule has 5 nitrogen and oxygen atoms in total. The van der Waals surface area contributed by atoms with Crippen molar-refractivity contribution in [3.63, 3.8) is 0 Å². The van der Waals surface area contributed by atoms with Gasteiger partial charge in [0.2, 0.25) is 10.0 Å². The molecule has 0 aliphatic heterocycles. The van der Waals surface area contributed by atoms with Gasteiger partial charge < -0.3 is 5.73 Å². The minimum absolute atomic E-state index is 0.0903. The van der Waals surface area contributed by atoms with Gasteiger partial charge in [-0.15, -0.1) is 0 Å². The summed E-state index contributed by atoms with van der Waals surface area (Å²) in [6.07, 6.45) is 1.64. The molecule has 0 radical (unpaired) electrons. The van der Waals surface area contributed by atoms with Crippen LogP contribution in [0.25, 0.3) is 0 Å². The molecule has 2 aromatic rings. The standard InChI is InChI=1S/C14H16ClN3O2S/c1-9-3-4-11(7-17-9)8-18-21(19,20)14-6-12(15)5-13(16)10(14)2/h3-7,18H,8,16H2,1-2H3. The first kappa shape index (κ1) is 15.8. The Labute approximate surface area is 129 Å². The number of sulfonamides is 1. The number of aryl methyl sites for hydroxylation is 1. The third-order valence-corrected chi connectivity index (χ3v) is 4.84. The van der Waals surface area contributed by atoms with Crippen molar-refractivity contribution in [1.29, 1.82) is 0 Å². The molecule has 0 saturated carbocycles. The first-order chi connectivity index (χ1) is 9.79. The van der Waals surface area contributed by atoms with Gasteiger partial charge >= 0.3 is 0 Å². The Hall–Kier alpha value is -1.63. The number of nitrogens with one attached hydrogen (secondary N) is 1. The second-order valence-corrected chi connectivity index (χ2v) is 6.92. The lowest BCUT2D eigenvalue weighted by molar-refractivity contribution is 0.580. The Morgan fingerprint density at radius 2 is 2.00 bits per heavy atom. The van der Waals surface area contributed by atoms with Gasteiger partial charge in [-0.3, -0.25) is 4.98 Å². The summed E-state index contributed by atoms with van der Waals surface area (Å²) in [7, 11) is -3.69. The van der Waals surface area contributed by atoms with Crippen molar-refractivity contribution in [3.8, 4) is 0 Å². The summed E-state index contributed by atoms with van der Waals surface area (Å²) in [6.45, 7) is 3.67. The molecule has 1 heterocycles. The average molecular weight is 326 g/mol. The maximum Gasteiger partial charge on any atom is 0.241 e. The monoisotopic (exact) mass is 325 g/mol. The van der Waals surface area contributed by atoms with Gasteiger partial charge in [0.05, 0.1) is 4.90 Å². The molecule has 0 fully saturated rings. The van der Waals surface area contributed by atoms with E-state index in [1.165, 1.54) is 12.1 Å². The Morgan fingerprint density at radius 3 is 2.62 bits per heavy atom. The van der Waals surface area contributed by atoms with Crippen LogP contribution in [0, 0.1) is 13.8 Å². The minimum Gasteiger partial charge on any atom is -0.398 e. The molecule has 0 amide bonds. The Morgan fingerprint density at radius 1 is 1.29 bits per heavy atom. The second-order valence-electron chi connectivity index (χ2n) is 4.75. The normalized spacial score (nSPS) is 11.6. The molecule has 7 heteroatoms. The third kappa shape index (κ3) is 3.72. The van der Waals surface area contributed by atoms with E-state index in [0.29, 0.717) is 11.3 Å². The third-order valence-electron chi connectivity index (χ3n) is 3.09. The zero-order chi connectivity index (χ0) is 15.6. The lowest BCUT2D eigenvalue weighted by Crippen LogP contribution is -2.24. The maximum absolute atomic E-state index is 12.4. The van der Waals surface area contributed by atoms with Crippen LogP contribution in [-0.2, 0) is 16.6 Å². The fourth-order valence-corrected chi connectivity index (χ4v) is 3.42. The van der Waals surface area contributed by atoms with Crippen LogP contribution in [0.2, 0.25) is 5.02 Å². The van der Waals surface area contributed by atoms with E-state index in [2.05, 4.69) is 9.71 Å². The summed E-state index contributed by atoms with van der Waals surface area (Å²) >= 11 is 5.88. The average Bonchev–Trinajstić information content (AvgIpc) is 2.42. The summed E-state index contributed by atoms with van der Waals surface area (Å²) in [5.74, 6) is 0. The van der Waals surface area contributed by atoms with Crippen LogP contribution >= 0.6 is 11.6 Å². The number of benzene rings is 1. The zero-order valence-electron chi connectivity index (χ0n) is 11.7. The van der Waals surface area contributed by atoms with Crippen molar-refractivity contribution in [2.45, 2.75) is 25.3 Å². The van der Waals surface area contributed by atoms with Gasteiger partial charge in [-0.1, -0.05) is 17.7 Å². The van der Waals surface area contributed by atoms with Crippen molar-refractivity contribution in [1.82, 2.24) is 9.71 Å². The molecule has 0 saturated heterocycles. The quantitative estimate of drug-likeness (QED) is 0.845. The van der Waals surface area contributed by atoms with Gasteiger partial charge in [0.25, 0.3) is 0 Å². The molecular formula is C14H16ClN3O2S. The number of nitrogen functional groups attached to an aromatic ring is 1. The largest absolute Gasteiger partial charge is 0.398 e. The van der Waals surface area contributed by atoms with Crippen LogP contribution in [0.3, 0.4) is 0 Å². The number of halogens is 1. The fourth-order valence-electron chi connectivity index (χ4n) is 1.81. The van der Waals surface area contributed by atoms with E-state index in [0.717, 1.165) is 11.3 Å².